The molecule has 3 aromatic carbocycles. The summed E-state index contributed by atoms with van der Waals surface area (Å²) in [6.45, 7) is 3.21. The Morgan fingerprint density at radius 2 is 1.42 bits per heavy atom. The largest absolute Gasteiger partial charge is 0.370 e. The molecule has 0 saturated carbocycles. The normalized spacial score (nSPS) is 14.2. The van der Waals surface area contributed by atoms with Gasteiger partial charge in [-0.2, -0.15) is 5.26 Å². The maximum absolute atomic E-state index is 13.3. The first-order chi connectivity index (χ1) is 15.2. The van der Waals surface area contributed by atoms with E-state index in [0.717, 1.165) is 38.3 Å². The molecule has 3 aromatic rings. The van der Waals surface area contributed by atoms with E-state index in [9.17, 15) is 4.79 Å². The average molecular weight is 410 g/mol. The fraction of sp³-hybridized carbons (Fsp3) is 0.259. The molecule has 0 aliphatic carbocycles. The van der Waals surface area contributed by atoms with E-state index < -0.39 is 0 Å². The summed E-state index contributed by atoms with van der Waals surface area (Å²) in [5, 5.41) is 9.01. The van der Waals surface area contributed by atoms with Crippen molar-refractivity contribution in [2.24, 2.45) is 0 Å². The zero-order chi connectivity index (χ0) is 21.5. The lowest BCUT2D eigenvalue weighted by Gasteiger charge is -2.25. The van der Waals surface area contributed by atoms with E-state index in [2.05, 4.69) is 35.2 Å². The highest BCUT2D eigenvalue weighted by Gasteiger charge is 2.24. The minimum Gasteiger partial charge on any atom is -0.370 e. The van der Waals surface area contributed by atoms with Gasteiger partial charge in [-0.15, -0.1) is 0 Å². The molecular weight excluding hydrogens is 382 g/mol. The second-order valence-corrected chi connectivity index (χ2v) is 7.96. The molecule has 0 spiro atoms. The summed E-state index contributed by atoms with van der Waals surface area (Å²) in [7, 11) is 0. The second-order valence-electron chi connectivity index (χ2n) is 7.96. The van der Waals surface area contributed by atoms with Crippen molar-refractivity contribution in [1.29, 1.82) is 5.26 Å². The van der Waals surface area contributed by atoms with Crippen LogP contribution in [0.1, 0.15) is 35.4 Å². The third kappa shape index (κ3) is 5.13. The Labute approximate surface area is 184 Å². The highest BCUT2D eigenvalue weighted by molar-refractivity contribution is 5.78. The number of benzene rings is 3. The highest BCUT2D eigenvalue weighted by atomic mass is 16.2. The molecular formula is C27H27N3O. The molecule has 31 heavy (non-hydrogen) atoms. The predicted octanol–water partition coefficient (Wildman–Crippen LogP) is 4.82. The first-order valence-corrected chi connectivity index (χ1v) is 10.9. The van der Waals surface area contributed by atoms with Crippen molar-refractivity contribution >= 4 is 11.6 Å². The summed E-state index contributed by atoms with van der Waals surface area (Å²) in [6.07, 6.45) is 1.41. The lowest BCUT2D eigenvalue weighted by Crippen LogP contribution is -2.36. The van der Waals surface area contributed by atoms with Crippen LogP contribution >= 0.6 is 0 Å². The first kappa shape index (κ1) is 20.7. The highest BCUT2D eigenvalue weighted by Crippen LogP contribution is 2.29. The zero-order valence-corrected chi connectivity index (χ0v) is 17.7. The van der Waals surface area contributed by atoms with Crippen LogP contribution in [-0.4, -0.2) is 37.0 Å². The van der Waals surface area contributed by atoms with Crippen molar-refractivity contribution in [2.45, 2.75) is 18.8 Å². The quantitative estimate of drug-likeness (QED) is 0.607. The number of nitriles is 1. The van der Waals surface area contributed by atoms with Gasteiger partial charge in [0.1, 0.15) is 0 Å². The monoisotopic (exact) mass is 409 g/mol. The van der Waals surface area contributed by atoms with Gasteiger partial charge in [0.2, 0.25) is 5.91 Å². The van der Waals surface area contributed by atoms with Gasteiger partial charge in [0.05, 0.1) is 11.6 Å². The van der Waals surface area contributed by atoms with E-state index >= 15 is 0 Å². The average Bonchev–Trinajstić information content (AvgIpc) is 3.10. The summed E-state index contributed by atoms with van der Waals surface area (Å²) in [4.78, 5) is 17.6. The van der Waals surface area contributed by atoms with E-state index in [-0.39, 0.29) is 11.8 Å². The molecule has 0 bridgehead atoms. The molecule has 1 aliphatic heterocycles. The van der Waals surface area contributed by atoms with Gasteiger partial charge in [0.15, 0.2) is 0 Å². The number of carbonyl (C=O) groups excluding carboxylic acids is 1. The molecule has 0 atom stereocenters. The molecule has 4 nitrogen and oxygen atoms in total. The smallest absolute Gasteiger partial charge is 0.223 e. The van der Waals surface area contributed by atoms with Crippen molar-refractivity contribution in [2.75, 3.05) is 31.1 Å². The van der Waals surface area contributed by atoms with Gasteiger partial charge in [-0.25, -0.2) is 0 Å². The van der Waals surface area contributed by atoms with E-state index in [1.807, 2.05) is 65.6 Å². The molecule has 1 saturated heterocycles. The molecule has 1 fully saturated rings. The fourth-order valence-corrected chi connectivity index (χ4v) is 4.27. The maximum atomic E-state index is 13.3. The van der Waals surface area contributed by atoms with Crippen LogP contribution < -0.4 is 4.90 Å². The molecule has 4 heteroatoms. The van der Waals surface area contributed by atoms with E-state index in [0.29, 0.717) is 12.0 Å². The van der Waals surface area contributed by atoms with Gasteiger partial charge in [0, 0.05) is 44.2 Å². The van der Waals surface area contributed by atoms with Crippen LogP contribution in [0, 0.1) is 11.3 Å². The Morgan fingerprint density at radius 3 is 2.00 bits per heavy atom. The van der Waals surface area contributed by atoms with Crippen molar-refractivity contribution in [3.05, 3.63) is 102 Å². The molecule has 0 aromatic heterocycles. The van der Waals surface area contributed by atoms with Crippen LogP contribution in [0.5, 0.6) is 0 Å². The molecule has 4 rings (SSSR count). The number of nitrogens with zero attached hydrogens (tertiary/aromatic N) is 3. The second kappa shape index (κ2) is 9.95. The molecule has 0 unspecified atom stereocenters. The molecule has 1 aliphatic rings. The van der Waals surface area contributed by atoms with Gasteiger partial charge in [0.25, 0.3) is 0 Å². The Balaban J connectivity index is 1.45. The van der Waals surface area contributed by atoms with Crippen molar-refractivity contribution in [3.8, 4) is 6.07 Å². The Kier molecular flexibility index (Phi) is 6.64. The summed E-state index contributed by atoms with van der Waals surface area (Å²) >= 11 is 0. The summed E-state index contributed by atoms with van der Waals surface area (Å²) in [5.74, 6) is 0.271. The number of rotatable bonds is 5. The molecule has 156 valence electrons. The van der Waals surface area contributed by atoms with Crippen LogP contribution in [0.3, 0.4) is 0 Å². The Bertz CT molecular complexity index is 986. The first-order valence-electron chi connectivity index (χ1n) is 10.9. The predicted molar refractivity (Wildman–Crippen MR) is 124 cm³/mol. The number of hydrogen-bond donors (Lipinski definition) is 0. The minimum atomic E-state index is 0.0628. The minimum absolute atomic E-state index is 0.0628. The van der Waals surface area contributed by atoms with Crippen LogP contribution in [0.15, 0.2) is 84.9 Å². The van der Waals surface area contributed by atoms with E-state index in [1.165, 1.54) is 11.1 Å². The summed E-state index contributed by atoms with van der Waals surface area (Å²) in [6, 6.07) is 30.5. The molecule has 1 amide bonds. The number of amides is 1. The molecule has 0 radical (unpaired) electrons. The Morgan fingerprint density at radius 1 is 0.806 bits per heavy atom. The van der Waals surface area contributed by atoms with E-state index in [4.69, 9.17) is 5.26 Å². The van der Waals surface area contributed by atoms with Gasteiger partial charge in [-0.3, -0.25) is 4.79 Å². The summed E-state index contributed by atoms with van der Waals surface area (Å²) in [5.41, 5.74) is 4.13. The fourth-order valence-electron chi connectivity index (χ4n) is 4.27. The maximum Gasteiger partial charge on any atom is 0.223 e. The molecule has 1 heterocycles. The van der Waals surface area contributed by atoms with Crippen LogP contribution in [0.2, 0.25) is 0 Å². The van der Waals surface area contributed by atoms with Gasteiger partial charge in [-0.1, -0.05) is 60.7 Å². The number of anilines is 1. The summed E-state index contributed by atoms with van der Waals surface area (Å²) < 4.78 is 0. The zero-order valence-electron chi connectivity index (χ0n) is 17.7. The van der Waals surface area contributed by atoms with E-state index in [1.54, 1.807) is 0 Å². The van der Waals surface area contributed by atoms with Gasteiger partial charge in [-0.05, 0) is 41.8 Å². The SMILES string of the molecule is N#Cc1ccc(N2CCCN(C(=O)CC(c3ccccc3)c3ccccc3)CC2)cc1. The van der Waals surface area contributed by atoms with Crippen molar-refractivity contribution in [3.63, 3.8) is 0 Å². The standard InChI is InChI=1S/C27H27N3O/c28-21-22-12-14-25(15-13-22)29-16-7-17-30(19-18-29)27(31)20-26(23-8-3-1-4-9-23)24-10-5-2-6-11-24/h1-6,8-15,26H,7,16-20H2. The number of carbonyl (C=O) groups is 1. The van der Waals surface area contributed by atoms with Crippen LogP contribution in [-0.2, 0) is 4.79 Å². The third-order valence-corrected chi connectivity index (χ3v) is 5.99. The van der Waals surface area contributed by atoms with Crippen LogP contribution in [0.25, 0.3) is 0 Å². The topological polar surface area (TPSA) is 47.3 Å². The lowest BCUT2D eigenvalue weighted by atomic mass is 9.88. The van der Waals surface area contributed by atoms with Crippen molar-refractivity contribution < 1.29 is 4.79 Å². The third-order valence-electron chi connectivity index (χ3n) is 5.99. The molecule has 0 N–H and O–H groups in total. The lowest BCUT2D eigenvalue weighted by molar-refractivity contribution is -0.131. The number of hydrogen-bond acceptors (Lipinski definition) is 3. The Hall–Kier alpha value is -3.58. The van der Waals surface area contributed by atoms with Crippen LogP contribution in [0.4, 0.5) is 5.69 Å². The van der Waals surface area contributed by atoms with Gasteiger partial charge < -0.3 is 9.80 Å². The van der Waals surface area contributed by atoms with Gasteiger partial charge >= 0.3 is 0 Å². The van der Waals surface area contributed by atoms with Crippen molar-refractivity contribution in [1.82, 2.24) is 4.90 Å².